The van der Waals surface area contributed by atoms with Gasteiger partial charge in [-0.15, -0.1) is 0 Å². The summed E-state index contributed by atoms with van der Waals surface area (Å²) >= 11 is 12.8. The number of hydrogen-bond donors (Lipinski definition) is 0. The van der Waals surface area contributed by atoms with Gasteiger partial charge in [0.25, 0.3) is 5.91 Å². The Morgan fingerprint density at radius 3 is 2.25 bits per heavy atom. The first-order valence-electron chi connectivity index (χ1n) is 10.1. The van der Waals surface area contributed by atoms with Gasteiger partial charge in [-0.25, -0.2) is 0 Å². The summed E-state index contributed by atoms with van der Waals surface area (Å²) in [4.78, 5) is 15.1. The van der Waals surface area contributed by atoms with E-state index in [1.807, 2.05) is 78.9 Å². The molecular weight excluding hydrogens is 462 g/mol. The molecule has 4 nitrogen and oxygen atoms in total. The normalized spacial score (nSPS) is 14.8. The number of benzene rings is 3. The quantitative estimate of drug-likeness (QED) is 0.206. The largest absolute Gasteiger partial charge is 0.493 e. The number of amides is 1. The number of thiocarbonyl (C=S) groups is 1. The summed E-state index contributed by atoms with van der Waals surface area (Å²) in [5.74, 6) is 1.24. The van der Waals surface area contributed by atoms with Crippen molar-refractivity contribution in [2.45, 2.75) is 6.42 Å². The highest BCUT2D eigenvalue weighted by atomic mass is 35.5. The Morgan fingerprint density at radius 1 is 0.875 bits per heavy atom. The van der Waals surface area contributed by atoms with Gasteiger partial charge >= 0.3 is 0 Å². The molecule has 1 aliphatic rings. The van der Waals surface area contributed by atoms with E-state index >= 15 is 0 Å². The van der Waals surface area contributed by atoms with Crippen LogP contribution < -0.4 is 14.4 Å². The molecule has 0 aliphatic carbocycles. The minimum atomic E-state index is -0.130. The average molecular weight is 482 g/mol. The van der Waals surface area contributed by atoms with E-state index in [9.17, 15) is 4.79 Å². The molecule has 7 heteroatoms. The van der Waals surface area contributed by atoms with Gasteiger partial charge in [0.15, 0.2) is 4.32 Å². The first kappa shape index (κ1) is 22.4. The van der Waals surface area contributed by atoms with E-state index in [0.717, 1.165) is 11.3 Å². The van der Waals surface area contributed by atoms with Crippen molar-refractivity contribution in [3.05, 3.63) is 94.4 Å². The van der Waals surface area contributed by atoms with Crippen LogP contribution in [0.15, 0.2) is 83.8 Å². The van der Waals surface area contributed by atoms with Crippen molar-refractivity contribution in [2.75, 3.05) is 18.1 Å². The summed E-state index contributed by atoms with van der Waals surface area (Å²) in [6, 6.07) is 24.4. The predicted molar refractivity (Wildman–Crippen MR) is 136 cm³/mol. The standard InChI is InChI=1S/C25H20ClNO3S2/c26-20-12-5-7-14-22(20)30-16-8-15-29-21-13-6-4-9-18(21)17-23-24(28)27(25(31)32-23)19-10-2-1-3-11-19/h1-7,9-14,17H,8,15-16H2. The number of thioether (sulfide) groups is 1. The van der Waals surface area contributed by atoms with Gasteiger partial charge in [-0.2, -0.15) is 0 Å². The third kappa shape index (κ3) is 5.33. The third-order valence-corrected chi connectivity index (χ3v) is 6.27. The van der Waals surface area contributed by atoms with Crippen LogP contribution in [0.2, 0.25) is 5.02 Å². The molecule has 1 heterocycles. The van der Waals surface area contributed by atoms with Crippen LogP contribution in [0.5, 0.6) is 11.5 Å². The van der Waals surface area contributed by atoms with E-state index in [2.05, 4.69) is 0 Å². The molecule has 0 atom stereocenters. The number of para-hydroxylation sites is 3. The third-order valence-electron chi connectivity index (χ3n) is 4.65. The second-order valence-corrected chi connectivity index (χ2v) is 8.95. The maximum atomic E-state index is 13.0. The van der Waals surface area contributed by atoms with Gasteiger partial charge in [0.2, 0.25) is 0 Å². The number of hydrogen-bond acceptors (Lipinski definition) is 5. The first-order chi connectivity index (χ1) is 15.6. The summed E-state index contributed by atoms with van der Waals surface area (Å²) in [7, 11) is 0. The van der Waals surface area contributed by atoms with Gasteiger partial charge in [-0.05, 0) is 36.4 Å². The molecule has 0 radical (unpaired) electrons. The molecular formula is C25H20ClNO3S2. The number of carbonyl (C=O) groups is 1. The molecule has 1 fully saturated rings. The fourth-order valence-electron chi connectivity index (χ4n) is 3.12. The van der Waals surface area contributed by atoms with E-state index in [0.29, 0.717) is 45.4 Å². The van der Waals surface area contributed by atoms with E-state index in [4.69, 9.17) is 33.3 Å². The molecule has 3 aromatic carbocycles. The highest BCUT2D eigenvalue weighted by Gasteiger charge is 2.33. The predicted octanol–water partition coefficient (Wildman–Crippen LogP) is 6.59. The number of carbonyl (C=O) groups excluding carboxylic acids is 1. The lowest BCUT2D eigenvalue weighted by molar-refractivity contribution is -0.113. The Kier molecular flexibility index (Phi) is 7.47. The molecule has 0 unspecified atom stereocenters. The Labute approximate surface area is 201 Å². The molecule has 0 N–H and O–H groups in total. The second kappa shape index (κ2) is 10.7. The van der Waals surface area contributed by atoms with Crippen molar-refractivity contribution in [2.24, 2.45) is 0 Å². The lowest BCUT2D eigenvalue weighted by Crippen LogP contribution is -2.27. The van der Waals surface area contributed by atoms with Crippen LogP contribution in [0.4, 0.5) is 5.69 Å². The average Bonchev–Trinajstić information content (AvgIpc) is 3.09. The topological polar surface area (TPSA) is 38.8 Å². The smallest absolute Gasteiger partial charge is 0.270 e. The van der Waals surface area contributed by atoms with Gasteiger partial charge in [-0.1, -0.05) is 84.1 Å². The summed E-state index contributed by atoms with van der Waals surface area (Å²) in [6.45, 7) is 0.960. The maximum Gasteiger partial charge on any atom is 0.270 e. The van der Waals surface area contributed by atoms with E-state index in [1.165, 1.54) is 11.8 Å². The number of ether oxygens (including phenoxy) is 2. The Bertz CT molecular complexity index is 1150. The van der Waals surface area contributed by atoms with Crippen molar-refractivity contribution >= 4 is 57.6 Å². The van der Waals surface area contributed by atoms with E-state index in [1.54, 1.807) is 11.0 Å². The van der Waals surface area contributed by atoms with Crippen LogP contribution in [-0.2, 0) is 4.79 Å². The number of rotatable bonds is 8. The van der Waals surface area contributed by atoms with Crippen molar-refractivity contribution < 1.29 is 14.3 Å². The first-order valence-corrected chi connectivity index (χ1v) is 11.7. The maximum absolute atomic E-state index is 13.0. The minimum Gasteiger partial charge on any atom is -0.493 e. The molecule has 162 valence electrons. The van der Waals surface area contributed by atoms with Crippen molar-refractivity contribution in [3.8, 4) is 11.5 Å². The molecule has 1 aliphatic heterocycles. The summed E-state index contributed by atoms with van der Waals surface area (Å²) < 4.78 is 12.2. The Hall–Kier alpha value is -2.80. The molecule has 0 saturated carbocycles. The van der Waals surface area contributed by atoms with Crippen molar-refractivity contribution in [1.29, 1.82) is 0 Å². The fourth-order valence-corrected chi connectivity index (χ4v) is 4.60. The number of anilines is 1. The van der Waals surface area contributed by atoms with Gasteiger partial charge in [0.1, 0.15) is 11.5 Å². The zero-order valence-corrected chi connectivity index (χ0v) is 19.5. The minimum absolute atomic E-state index is 0.130. The fraction of sp³-hybridized carbons (Fsp3) is 0.120. The molecule has 0 spiro atoms. The highest BCUT2D eigenvalue weighted by Crippen LogP contribution is 2.37. The highest BCUT2D eigenvalue weighted by molar-refractivity contribution is 8.27. The summed E-state index contributed by atoms with van der Waals surface area (Å²) in [5.41, 5.74) is 1.59. The lowest BCUT2D eigenvalue weighted by atomic mass is 10.2. The molecule has 0 bridgehead atoms. The van der Waals surface area contributed by atoms with Crippen LogP contribution in [-0.4, -0.2) is 23.4 Å². The molecule has 3 aromatic rings. The van der Waals surface area contributed by atoms with Crippen LogP contribution in [0.3, 0.4) is 0 Å². The lowest BCUT2D eigenvalue weighted by Gasteiger charge is -2.14. The molecule has 4 rings (SSSR count). The van der Waals surface area contributed by atoms with Crippen LogP contribution >= 0.6 is 35.6 Å². The molecule has 0 aromatic heterocycles. The van der Waals surface area contributed by atoms with Crippen LogP contribution in [0.25, 0.3) is 6.08 Å². The monoisotopic (exact) mass is 481 g/mol. The SMILES string of the molecule is O=C1C(=Cc2ccccc2OCCCOc2ccccc2Cl)SC(=S)N1c1ccccc1. The second-order valence-electron chi connectivity index (χ2n) is 6.87. The van der Waals surface area contributed by atoms with Crippen molar-refractivity contribution in [1.82, 2.24) is 0 Å². The Morgan fingerprint density at radius 2 is 1.50 bits per heavy atom. The number of halogens is 1. The van der Waals surface area contributed by atoms with E-state index in [-0.39, 0.29) is 5.91 Å². The van der Waals surface area contributed by atoms with E-state index < -0.39 is 0 Å². The van der Waals surface area contributed by atoms with Gasteiger partial charge < -0.3 is 9.47 Å². The zero-order chi connectivity index (χ0) is 22.3. The molecule has 1 saturated heterocycles. The van der Waals surface area contributed by atoms with Crippen LogP contribution in [0.1, 0.15) is 12.0 Å². The number of nitrogens with zero attached hydrogens (tertiary/aromatic N) is 1. The summed E-state index contributed by atoms with van der Waals surface area (Å²) in [5, 5.41) is 0.589. The molecule has 32 heavy (non-hydrogen) atoms. The van der Waals surface area contributed by atoms with Crippen LogP contribution in [0, 0.1) is 0 Å². The molecule has 1 amide bonds. The van der Waals surface area contributed by atoms with Gasteiger partial charge in [0.05, 0.1) is 28.8 Å². The summed E-state index contributed by atoms with van der Waals surface area (Å²) in [6.07, 6.45) is 2.52. The Balaban J connectivity index is 1.39. The van der Waals surface area contributed by atoms with Gasteiger partial charge in [-0.3, -0.25) is 9.69 Å². The van der Waals surface area contributed by atoms with Gasteiger partial charge in [0, 0.05) is 12.0 Å². The van der Waals surface area contributed by atoms with Crippen molar-refractivity contribution in [3.63, 3.8) is 0 Å². The zero-order valence-electron chi connectivity index (χ0n) is 17.1.